The zero-order valence-corrected chi connectivity index (χ0v) is 11.7. The van der Waals surface area contributed by atoms with E-state index in [1.807, 2.05) is 0 Å². The molecule has 0 amide bonds. The normalized spacial score (nSPS) is 22.9. The maximum Gasteiger partial charge on any atom is 0.00151 e. The maximum atomic E-state index is 3.47. The lowest BCUT2D eigenvalue weighted by molar-refractivity contribution is 0.228. The highest BCUT2D eigenvalue weighted by molar-refractivity contribution is 4.83. The molecule has 0 radical (unpaired) electrons. The number of hydrogen-bond donors (Lipinski definition) is 1. The third kappa shape index (κ3) is 4.84. The molecular formula is C14H30N2. The Kier molecular flexibility index (Phi) is 5.77. The van der Waals surface area contributed by atoms with Gasteiger partial charge in [-0.1, -0.05) is 27.7 Å². The summed E-state index contributed by atoms with van der Waals surface area (Å²) in [5.41, 5.74) is 0.495. The fourth-order valence-corrected chi connectivity index (χ4v) is 2.47. The van der Waals surface area contributed by atoms with Crippen molar-refractivity contribution >= 4 is 0 Å². The number of rotatable bonds is 6. The molecule has 1 saturated heterocycles. The minimum atomic E-state index is 0.495. The molecule has 1 fully saturated rings. The molecule has 0 spiro atoms. The first-order chi connectivity index (χ1) is 7.54. The highest BCUT2D eigenvalue weighted by atomic mass is 15.1. The summed E-state index contributed by atoms with van der Waals surface area (Å²) in [7, 11) is 0. The van der Waals surface area contributed by atoms with Crippen molar-refractivity contribution in [1.82, 2.24) is 10.2 Å². The second-order valence-electron chi connectivity index (χ2n) is 6.26. The van der Waals surface area contributed by atoms with Crippen LogP contribution < -0.4 is 5.32 Å². The van der Waals surface area contributed by atoms with Crippen molar-refractivity contribution in [2.45, 2.75) is 47.0 Å². The van der Waals surface area contributed by atoms with E-state index in [-0.39, 0.29) is 0 Å². The van der Waals surface area contributed by atoms with Crippen LogP contribution in [-0.4, -0.2) is 37.6 Å². The fourth-order valence-electron chi connectivity index (χ4n) is 2.47. The van der Waals surface area contributed by atoms with E-state index >= 15 is 0 Å². The Morgan fingerprint density at radius 3 is 2.56 bits per heavy atom. The third-order valence-corrected chi connectivity index (χ3v) is 3.75. The molecule has 1 rings (SSSR count). The predicted octanol–water partition coefficient (Wildman–Crippen LogP) is 2.74. The molecule has 1 unspecified atom stereocenters. The first-order valence-corrected chi connectivity index (χ1v) is 6.97. The molecule has 0 aromatic carbocycles. The Morgan fingerprint density at radius 2 is 2.00 bits per heavy atom. The first-order valence-electron chi connectivity index (χ1n) is 6.97. The van der Waals surface area contributed by atoms with Crippen molar-refractivity contribution in [3.8, 4) is 0 Å². The summed E-state index contributed by atoms with van der Waals surface area (Å²) in [6.45, 7) is 15.6. The van der Waals surface area contributed by atoms with Gasteiger partial charge in [-0.2, -0.15) is 0 Å². The lowest BCUT2D eigenvalue weighted by atomic mass is 9.80. The van der Waals surface area contributed by atoms with Gasteiger partial charge in [-0.05, 0) is 56.8 Å². The van der Waals surface area contributed by atoms with E-state index in [1.54, 1.807) is 0 Å². The van der Waals surface area contributed by atoms with Gasteiger partial charge in [0.05, 0.1) is 0 Å². The van der Waals surface area contributed by atoms with Crippen LogP contribution in [0.3, 0.4) is 0 Å². The van der Waals surface area contributed by atoms with E-state index in [0.29, 0.717) is 5.41 Å². The molecule has 0 aromatic heterocycles. The SMILES string of the molecule is CCCNCCCN1CCC(C(C)(C)C)C1. The Hall–Kier alpha value is -0.0800. The van der Waals surface area contributed by atoms with Gasteiger partial charge in [0.2, 0.25) is 0 Å². The standard InChI is InChI=1S/C14H30N2/c1-5-8-15-9-6-10-16-11-7-13(12-16)14(2,3)4/h13,15H,5-12H2,1-4H3. The highest BCUT2D eigenvalue weighted by Gasteiger charge is 2.31. The average Bonchev–Trinajstić information content (AvgIpc) is 2.65. The predicted molar refractivity (Wildman–Crippen MR) is 71.8 cm³/mol. The summed E-state index contributed by atoms with van der Waals surface area (Å²) in [6.07, 6.45) is 3.94. The fraction of sp³-hybridized carbons (Fsp3) is 1.00. The molecule has 2 heteroatoms. The van der Waals surface area contributed by atoms with Gasteiger partial charge in [-0.25, -0.2) is 0 Å². The molecule has 1 aliphatic rings. The Morgan fingerprint density at radius 1 is 1.25 bits per heavy atom. The van der Waals surface area contributed by atoms with Crippen LogP contribution in [0.1, 0.15) is 47.0 Å². The van der Waals surface area contributed by atoms with Crippen molar-refractivity contribution < 1.29 is 0 Å². The molecule has 1 N–H and O–H groups in total. The van der Waals surface area contributed by atoms with E-state index in [9.17, 15) is 0 Å². The molecule has 2 nitrogen and oxygen atoms in total. The second-order valence-corrected chi connectivity index (χ2v) is 6.26. The van der Waals surface area contributed by atoms with E-state index < -0.39 is 0 Å². The number of likely N-dealkylation sites (tertiary alicyclic amines) is 1. The van der Waals surface area contributed by atoms with Gasteiger partial charge in [-0.3, -0.25) is 0 Å². The van der Waals surface area contributed by atoms with Crippen molar-refractivity contribution in [3.63, 3.8) is 0 Å². The van der Waals surface area contributed by atoms with Crippen LogP contribution in [-0.2, 0) is 0 Å². The van der Waals surface area contributed by atoms with Crippen LogP contribution in [0.15, 0.2) is 0 Å². The first kappa shape index (κ1) is 14.0. The van der Waals surface area contributed by atoms with Crippen LogP contribution in [0.4, 0.5) is 0 Å². The number of hydrogen-bond acceptors (Lipinski definition) is 2. The summed E-state index contributed by atoms with van der Waals surface area (Å²) in [4.78, 5) is 2.64. The van der Waals surface area contributed by atoms with Crippen LogP contribution in [0, 0.1) is 11.3 Å². The molecule has 16 heavy (non-hydrogen) atoms. The summed E-state index contributed by atoms with van der Waals surface area (Å²) >= 11 is 0. The Balaban J connectivity index is 2.08. The van der Waals surface area contributed by atoms with Gasteiger partial charge in [0, 0.05) is 6.54 Å². The zero-order valence-electron chi connectivity index (χ0n) is 11.7. The number of nitrogens with one attached hydrogen (secondary N) is 1. The summed E-state index contributed by atoms with van der Waals surface area (Å²) in [5, 5.41) is 3.47. The van der Waals surface area contributed by atoms with Crippen molar-refractivity contribution in [3.05, 3.63) is 0 Å². The number of nitrogens with zero attached hydrogens (tertiary/aromatic N) is 1. The zero-order chi connectivity index (χ0) is 12.0. The molecule has 0 saturated carbocycles. The van der Waals surface area contributed by atoms with E-state index in [2.05, 4.69) is 37.9 Å². The van der Waals surface area contributed by atoms with Crippen molar-refractivity contribution in [2.24, 2.45) is 11.3 Å². The largest absolute Gasteiger partial charge is 0.317 e. The van der Waals surface area contributed by atoms with E-state index in [1.165, 1.54) is 52.0 Å². The monoisotopic (exact) mass is 226 g/mol. The quantitative estimate of drug-likeness (QED) is 0.701. The second kappa shape index (κ2) is 6.61. The smallest absolute Gasteiger partial charge is 0.00151 e. The lowest BCUT2D eigenvalue weighted by Crippen LogP contribution is -2.28. The summed E-state index contributed by atoms with van der Waals surface area (Å²) in [6, 6.07) is 0. The van der Waals surface area contributed by atoms with Crippen LogP contribution in [0.5, 0.6) is 0 Å². The molecule has 96 valence electrons. The topological polar surface area (TPSA) is 15.3 Å². The van der Waals surface area contributed by atoms with Gasteiger partial charge in [0.15, 0.2) is 0 Å². The summed E-state index contributed by atoms with van der Waals surface area (Å²) in [5.74, 6) is 0.899. The molecule has 0 bridgehead atoms. The van der Waals surface area contributed by atoms with Crippen molar-refractivity contribution in [1.29, 1.82) is 0 Å². The van der Waals surface area contributed by atoms with E-state index in [0.717, 1.165) is 5.92 Å². The van der Waals surface area contributed by atoms with Crippen molar-refractivity contribution in [2.75, 3.05) is 32.7 Å². The molecular weight excluding hydrogens is 196 g/mol. The highest BCUT2D eigenvalue weighted by Crippen LogP contribution is 2.33. The molecule has 0 aliphatic carbocycles. The minimum Gasteiger partial charge on any atom is -0.317 e. The third-order valence-electron chi connectivity index (χ3n) is 3.75. The Bertz CT molecular complexity index is 184. The van der Waals surface area contributed by atoms with Crippen LogP contribution in [0.2, 0.25) is 0 Å². The maximum absolute atomic E-state index is 3.47. The molecule has 1 heterocycles. The summed E-state index contributed by atoms with van der Waals surface area (Å²) < 4.78 is 0. The van der Waals surface area contributed by atoms with Gasteiger partial charge >= 0.3 is 0 Å². The van der Waals surface area contributed by atoms with Crippen LogP contribution >= 0.6 is 0 Å². The molecule has 1 atom stereocenters. The lowest BCUT2D eigenvalue weighted by Gasteiger charge is -2.27. The molecule has 1 aliphatic heterocycles. The molecule has 0 aromatic rings. The van der Waals surface area contributed by atoms with Gasteiger partial charge in [0.1, 0.15) is 0 Å². The van der Waals surface area contributed by atoms with Crippen LogP contribution in [0.25, 0.3) is 0 Å². The minimum absolute atomic E-state index is 0.495. The van der Waals surface area contributed by atoms with E-state index in [4.69, 9.17) is 0 Å². The van der Waals surface area contributed by atoms with Gasteiger partial charge in [-0.15, -0.1) is 0 Å². The Labute approximate surface area is 102 Å². The average molecular weight is 226 g/mol. The van der Waals surface area contributed by atoms with Gasteiger partial charge in [0.25, 0.3) is 0 Å². The van der Waals surface area contributed by atoms with Gasteiger partial charge < -0.3 is 10.2 Å².